The number of nitrogens with zero attached hydrogens (tertiary/aromatic N) is 2. The molecule has 0 bridgehead atoms. The Hall–Kier alpha value is -2.28. The Kier molecular flexibility index (Phi) is 5.48. The van der Waals surface area contributed by atoms with Crippen molar-refractivity contribution < 1.29 is 9.59 Å². The molecule has 7 heteroatoms. The minimum atomic E-state index is -0.183. The second-order valence-electron chi connectivity index (χ2n) is 7.46. The summed E-state index contributed by atoms with van der Waals surface area (Å²) in [7, 11) is 0. The van der Waals surface area contributed by atoms with Gasteiger partial charge in [-0.3, -0.25) is 14.9 Å². The molecule has 6 nitrogen and oxygen atoms in total. The average Bonchev–Trinajstić information content (AvgIpc) is 3.35. The molecule has 0 saturated heterocycles. The van der Waals surface area contributed by atoms with Crippen LogP contribution in [-0.4, -0.2) is 27.8 Å². The van der Waals surface area contributed by atoms with Crippen molar-refractivity contribution in [3.05, 3.63) is 39.8 Å². The molecule has 142 valence electrons. The number of thiophene rings is 1. The molecule has 27 heavy (non-hydrogen) atoms. The third-order valence-corrected chi connectivity index (χ3v) is 6.30. The molecular formula is C20H24N4O2S. The standard InChI is InChI=1S/C20H24N4O2S/c25-18(10-13-4-1-2-5-13)22-15-7-8-16-14(11-15)12-21-20(23-16)24-19(26)17-6-3-9-27-17/h3,6,9,12-13,15H,1-2,4-5,7-8,10-11H2,(H,22,25)(H,21,23,24,26). The van der Waals surface area contributed by atoms with Crippen molar-refractivity contribution in [2.75, 3.05) is 5.32 Å². The van der Waals surface area contributed by atoms with Crippen molar-refractivity contribution in [2.24, 2.45) is 5.92 Å². The molecule has 1 unspecified atom stereocenters. The number of amides is 2. The summed E-state index contributed by atoms with van der Waals surface area (Å²) in [6, 6.07) is 3.77. The highest BCUT2D eigenvalue weighted by molar-refractivity contribution is 7.12. The van der Waals surface area contributed by atoms with Crippen LogP contribution < -0.4 is 10.6 Å². The third-order valence-electron chi connectivity index (χ3n) is 5.43. The first kappa shape index (κ1) is 18.1. The summed E-state index contributed by atoms with van der Waals surface area (Å²) in [4.78, 5) is 33.8. The molecule has 0 aliphatic heterocycles. The molecule has 0 aromatic carbocycles. The number of aromatic nitrogens is 2. The topological polar surface area (TPSA) is 84.0 Å². The fourth-order valence-electron chi connectivity index (χ4n) is 4.03. The lowest BCUT2D eigenvalue weighted by atomic mass is 9.92. The lowest BCUT2D eigenvalue weighted by Crippen LogP contribution is -2.39. The highest BCUT2D eigenvalue weighted by Crippen LogP contribution is 2.28. The number of fused-ring (bicyclic) bond motifs is 1. The average molecular weight is 385 g/mol. The van der Waals surface area contributed by atoms with Gasteiger partial charge in [-0.15, -0.1) is 11.3 Å². The molecule has 4 rings (SSSR count). The molecule has 0 spiro atoms. The Morgan fingerprint density at radius 2 is 2.07 bits per heavy atom. The van der Waals surface area contributed by atoms with Crippen LogP contribution in [0.2, 0.25) is 0 Å². The first-order chi connectivity index (χ1) is 13.2. The van der Waals surface area contributed by atoms with E-state index in [4.69, 9.17) is 0 Å². The van der Waals surface area contributed by atoms with Crippen LogP contribution in [0, 0.1) is 5.92 Å². The zero-order chi connectivity index (χ0) is 18.6. The maximum absolute atomic E-state index is 12.3. The summed E-state index contributed by atoms with van der Waals surface area (Å²) >= 11 is 1.39. The van der Waals surface area contributed by atoms with Gasteiger partial charge in [0.2, 0.25) is 11.9 Å². The Morgan fingerprint density at radius 3 is 2.85 bits per heavy atom. The van der Waals surface area contributed by atoms with Crippen molar-refractivity contribution in [3.8, 4) is 0 Å². The van der Waals surface area contributed by atoms with Gasteiger partial charge in [-0.1, -0.05) is 18.9 Å². The fraction of sp³-hybridized carbons (Fsp3) is 0.500. The van der Waals surface area contributed by atoms with Gasteiger partial charge in [0.1, 0.15) is 0 Å². The van der Waals surface area contributed by atoms with Crippen LogP contribution in [0.25, 0.3) is 0 Å². The van der Waals surface area contributed by atoms with Crippen molar-refractivity contribution in [2.45, 2.75) is 57.4 Å². The van der Waals surface area contributed by atoms with E-state index < -0.39 is 0 Å². The van der Waals surface area contributed by atoms with Gasteiger partial charge in [0, 0.05) is 24.4 Å². The number of carbonyl (C=O) groups is 2. The number of hydrogen-bond acceptors (Lipinski definition) is 5. The van der Waals surface area contributed by atoms with Crippen molar-refractivity contribution in [1.82, 2.24) is 15.3 Å². The zero-order valence-corrected chi connectivity index (χ0v) is 16.1. The predicted molar refractivity (Wildman–Crippen MR) is 105 cm³/mol. The van der Waals surface area contributed by atoms with E-state index >= 15 is 0 Å². The monoisotopic (exact) mass is 384 g/mol. The van der Waals surface area contributed by atoms with Crippen LogP contribution in [0.4, 0.5) is 5.95 Å². The summed E-state index contributed by atoms with van der Waals surface area (Å²) < 4.78 is 0. The normalized spacial score (nSPS) is 19.5. The van der Waals surface area contributed by atoms with Crippen molar-refractivity contribution in [1.29, 1.82) is 0 Å². The molecule has 2 aliphatic carbocycles. The minimum absolute atomic E-state index is 0.154. The molecule has 2 aromatic rings. The molecule has 1 saturated carbocycles. The van der Waals surface area contributed by atoms with E-state index in [0.29, 0.717) is 23.2 Å². The third kappa shape index (κ3) is 4.53. The summed E-state index contributed by atoms with van der Waals surface area (Å²) in [5, 5.41) is 7.81. The lowest BCUT2D eigenvalue weighted by Gasteiger charge is -2.25. The molecule has 2 N–H and O–H groups in total. The number of rotatable bonds is 5. The number of anilines is 1. The Morgan fingerprint density at radius 1 is 1.22 bits per heavy atom. The summed E-state index contributed by atoms with van der Waals surface area (Å²) in [5.41, 5.74) is 2.02. The van der Waals surface area contributed by atoms with Gasteiger partial charge in [0.25, 0.3) is 5.91 Å². The highest BCUT2D eigenvalue weighted by atomic mass is 32.1. The summed E-state index contributed by atoms with van der Waals surface area (Å²) in [6.45, 7) is 0. The van der Waals surface area contributed by atoms with Crippen LogP contribution >= 0.6 is 11.3 Å². The van der Waals surface area contributed by atoms with Gasteiger partial charge in [-0.2, -0.15) is 0 Å². The molecule has 2 heterocycles. The number of nitrogens with one attached hydrogen (secondary N) is 2. The highest BCUT2D eigenvalue weighted by Gasteiger charge is 2.24. The molecule has 2 aliphatic rings. The fourth-order valence-corrected chi connectivity index (χ4v) is 4.64. The molecule has 1 fully saturated rings. The Bertz CT molecular complexity index is 815. The zero-order valence-electron chi connectivity index (χ0n) is 15.2. The molecule has 2 aromatic heterocycles. The second-order valence-corrected chi connectivity index (χ2v) is 8.41. The SMILES string of the molecule is O=C(CC1CCCC1)NC1CCc2nc(NC(=O)c3cccs3)ncc2C1. The maximum atomic E-state index is 12.3. The first-order valence-electron chi connectivity index (χ1n) is 9.66. The quantitative estimate of drug-likeness (QED) is 0.828. The van der Waals surface area contributed by atoms with E-state index in [1.54, 1.807) is 12.3 Å². The van der Waals surface area contributed by atoms with E-state index in [1.165, 1.54) is 37.0 Å². The number of carbonyl (C=O) groups excluding carboxylic acids is 2. The van der Waals surface area contributed by atoms with Crippen LogP contribution in [0.5, 0.6) is 0 Å². The molecule has 0 radical (unpaired) electrons. The Balaban J connectivity index is 1.33. The first-order valence-corrected chi connectivity index (χ1v) is 10.5. The van der Waals surface area contributed by atoms with Crippen molar-refractivity contribution in [3.63, 3.8) is 0 Å². The van der Waals surface area contributed by atoms with Gasteiger partial charge < -0.3 is 5.32 Å². The van der Waals surface area contributed by atoms with Crippen LogP contribution in [0.15, 0.2) is 23.7 Å². The smallest absolute Gasteiger partial charge is 0.268 e. The summed E-state index contributed by atoms with van der Waals surface area (Å²) in [6.07, 6.45) is 9.76. The van der Waals surface area contributed by atoms with E-state index in [-0.39, 0.29) is 17.9 Å². The van der Waals surface area contributed by atoms with E-state index in [9.17, 15) is 9.59 Å². The summed E-state index contributed by atoms with van der Waals surface area (Å²) in [5.74, 6) is 0.906. The van der Waals surface area contributed by atoms with E-state index in [2.05, 4.69) is 20.6 Å². The van der Waals surface area contributed by atoms with Gasteiger partial charge >= 0.3 is 0 Å². The molecular weight excluding hydrogens is 360 g/mol. The van der Waals surface area contributed by atoms with Crippen LogP contribution in [-0.2, 0) is 17.6 Å². The van der Waals surface area contributed by atoms with Crippen LogP contribution in [0.3, 0.4) is 0 Å². The van der Waals surface area contributed by atoms with E-state index in [0.717, 1.165) is 30.5 Å². The van der Waals surface area contributed by atoms with Crippen LogP contribution in [0.1, 0.15) is 59.5 Å². The van der Waals surface area contributed by atoms with E-state index in [1.807, 2.05) is 11.4 Å². The van der Waals surface area contributed by atoms with Gasteiger partial charge in [-0.05, 0) is 55.0 Å². The number of hydrogen-bond donors (Lipinski definition) is 2. The van der Waals surface area contributed by atoms with Gasteiger partial charge in [0.05, 0.1) is 4.88 Å². The molecule has 1 atom stereocenters. The second kappa shape index (κ2) is 8.17. The lowest BCUT2D eigenvalue weighted by molar-refractivity contribution is -0.122. The number of aryl methyl sites for hydroxylation is 1. The Labute approximate surface area is 162 Å². The maximum Gasteiger partial charge on any atom is 0.268 e. The van der Waals surface area contributed by atoms with Gasteiger partial charge in [-0.25, -0.2) is 9.97 Å². The molecule has 2 amide bonds. The predicted octanol–water partition coefficient (Wildman–Crippen LogP) is 3.34. The van der Waals surface area contributed by atoms with Crippen molar-refractivity contribution >= 4 is 29.1 Å². The van der Waals surface area contributed by atoms with Gasteiger partial charge in [0.15, 0.2) is 0 Å². The largest absolute Gasteiger partial charge is 0.353 e. The minimum Gasteiger partial charge on any atom is -0.353 e.